The first kappa shape index (κ1) is 13.1. The Bertz CT molecular complexity index is 543. The van der Waals surface area contributed by atoms with Crippen LogP contribution in [0.5, 0.6) is 0 Å². The van der Waals surface area contributed by atoms with Crippen LogP contribution < -0.4 is 5.32 Å². The highest BCUT2D eigenvalue weighted by molar-refractivity contribution is 7.17. The molecule has 1 heterocycles. The second-order valence-electron chi connectivity index (χ2n) is 6.12. The number of thiophene rings is 1. The van der Waals surface area contributed by atoms with E-state index in [4.69, 9.17) is 0 Å². The SMILES string of the molecule is CC(C)NCC1CCC1Cc1csc2ccccc12. The van der Waals surface area contributed by atoms with Crippen LogP contribution in [-0.4, -0.2) is 12.6 Å². The Morgan fingerprint density at radius 2 is 2.00 bits per heavy atom. The van der Waals surface area contributed by atoms with Crippen LogP contribution in [0.15, 0.2) is 29.6 Å². The molecule has 0 radical (unpaired) electrons. The van der Waals surface area contributed by atoms with E-state index in [1.165, 1.54) is 35.9 Å². The van der Waals surface area contributed by atoms with Crippen molar-refractivity contribution in [3.05, 3.63) is 35.2 Å². The fraction of sp³-hybridized carbons (Fsp3) is 0.529. The molecule has 1 aliphatic carbocycles. The predicted octanol–water partition coefficient (Wildman–Crippen LogP) is 4.47. The normalized spacial score (nSPS) is 22.9. The minimum atomic E-state index is 0.614. The molecular formula is C17H23NS. The van der Waals surface area contributed by atoms with Gasteiger partial charge in [-0.3, -0.25) is 0 Å². The summed E-state index contributed by atoms with van der Waals surface area (Å²) in [5.74, 6) is 1.78. The van der Waals surface area contributed by atoms with Crippen LogP contribution in [-0.2, 0) is 6.42 Å². The third-order valence-electron chi connectivity index (χ3n) is 4.41. The topological polar surface area (TPSA) is 12.0 Å². The Balaban J connectivity index is 1.65. The highest BCUT2D eigenvalue weighted by Gasteiger charge is 2.30. The van der Waals surface area contributed by atoms with E-state index in [1.54, 1.807) is 5.56 Å². The lowest BCUT2D eigenvalue weighted by Gasteiger charge is -2.37. The molecule has 0 aliphatic heterocycles. The monoisotopic (exact) mass is 273 g/mol. The van der Waals surface area contributed by atoms with Crippen molar-refractivity contribution in [1.29, 1.82) is 0 Å². The third-order valence-corrected chi connectivity index (χ3v) is 5.42. The zero-order valence-corrected chi connectivity index (χ0v) is 12.7. The lowest BCUT2D eigenvalue weighted by atomic mass is 9.70. The predicted molar refractivity (Wildman–Crippen MR) is 84.9 cm³/mol. The summed E-state index contributed by atoms with van der Waals surface area (Å²) in [6.07, 6.45) is 4.09. The first-order valence-electron chi connectivity index (χ1n) is 7.42. The molecule has 102 valence electrons. The van der Waals surface area contributed by atoms with E-state index >= 15 is 0 Å². The molecule has 1 saturated carbocycles. The van der Waals surface area contributed by atoms with Gasteiger partial charge in [-0.15, -0.1) is 11.3 Å². The second-order valence-corrected chi connectivity index (χ2v) is 7.03. The summed E-state index contributed by atoms with van der Waals surface area (Å²) in [5.41, 5.74) is 1.57. The Hall–Kier alpha value is -0.860. The minimum Gasteiger partial charge on any atom is -0.314 e. The van der Waals surface area contributed by atoms with E-state index < -0.39 is 0 Å². The molecule has 0 spiro atoms. The molecule has 2 aromatic rings. The van der Waals surface area contributed by atoms with Crippen LogP contribution in [0.25, 0.3) is 10.1 Å². The smallest absolute Gasteiger partial charge is 0.0345 e. The van der Waals surface area contributed by atoms with Gasteiger partial charge in [0.1, 0.15) is 0 Å². The van der Waals surface area contributed by atoms with E-state index in [0.29, 0.717) is 6.04 Å². The van der Waals surface area contributed by atoms with Gasteiger partial charge in [0.25, 0.3) is 0 Å². The molecule has 3 rings (SSSR count). The summed E-state index contributed by atoms with van der Waals surface area (Å²) >= 11 is 1.89. The van der Waals surface area contributed by atoms with Crippen molar-refractivity contribution in [2.45, 2.75) is 39.2 Å². The molecule has 2 atom stereocenters. The van der Waals surface area contributed by atoms with E-state index in [0.717, 1.165) is 11.8 Å². The maximum Gasteiger partial charge on any atom is 0.0345 e. The zero-order chi connectivity index (χ0) is 13.2. The van der Waals surface area contributed by atoms with E-state index in [-0.39, 0.29) is 0 Å². The molecule has 1 nitrogen and oxygen atoms in total. The average Bonchev–Trinajstić information content (AvgIpc) is 2.78. The molecule has 1 N–H and O–H groups in total. The fourth-order valence-corrected chi connectivity index (χ4v) is 4.01. The summed E-state index contributed by atoms with van der Waals surface area (Å²) in [4.78, 5) is 0. The van der Waals surface area contributed by atoms with Crippen molar-refractivity contribution in [2.75, 3.05) is 6.54 Å². The van der Waals surface area contributed by atoms with Crippen LogP contribution in [0.3, 0.4) is 0 Å². The molecule has 1 aromatic carbocycles. The van der Waals surface area contributed by atoms with E-state index in [2.05, 4.69) is 48.8 Å². The Labute approximate surface area is 120 Å². The van der Waals surface area contributed by atoms with E-state index in [1.807, 2.05) is 11.3 Å². The maximum atomic E-state index is 3.60. The van der Waals surface area contributed by atoms with Crippen molar-refractivity contribution < 1.29 is 0 Å². The third kappa shape index (κ3) is 2.85. The van der Waals surface area contributed by atoms with Gasteiger partial charge in [-0.2, -0.15) is 0 Å². The number of hydrogen-bond acceptors (Lipinski definition) is 2. The van der Waals surface area contributed by atoms with Crippen LogP contribution in [0.4, 0.5) is 0 Å². The summed E-state index contributed by atoms with van der Waals surface area (Å²) in [7, 11) is 0. The summed E-state index contributed by atoms with van der Waals surface area (Å²) in [5, 5.41) is 7.45. The molecule has 19 heavy (non-hydrogen) atoms. The number of hydrogen-bond donors (Lipinski definition) is 1. The fourth-order valence-electron chi connectivity index (χ4n) is 3.04. The van der Waals surface area contributed by atoms with Crippen LogP contribution >= 0.6 is 11.3 Å². The van der Waals surface area contributed by atoms with E-state index in [9.17, 15) is 0 Å². The number of fused-ring (bicyclic) bond motifs is 1. The van der Waals surface area contributed by atoms with Crippen molar-refractivity contribution in [3.63, 3.8) is 0 Å². The number of nitrogens with one attached hydrogen (secondary N) is 1. The molecular weight excluding hydrogens is 250 g/mol. The van der Waals surface area contributed by atoms with Gasteiger partial charge >= 0.3 is 0 Å². The number of rotatable bonds is 5. The summed E-state index contributed by atoms with van der Waals surface area (Å²) in [6.45, 7) is 5.67. The molecule has 1 fully saturated rings. The first-order chi connectivity index (χ1) is 9.24. The second kappa shape index (κ2) is 5.64. The van der Waals surface area contributed by atoms with Gasteiger partial charge in [0.2, 0.25) is 0 Å². The first-order valence-corrected chi connectivity index (χ1v) is 8.30. The minimum absolute atomic E-state index is 0.614. The van der Waals surface area contributed by atoms with Gasteiger partial charge < -0.3 is 5.32 Å². The van der Waals surface area contributed by atoms with Crippen molar-refractivity contribution in [2.24, 2.45) is 11.8 Å². The molecule has 1 aliphatic rings. The lowest BCUT2D eigenvalue weighted by molar-refractivity contribution is 0.168. The largest absolute Gasteiger partial charge is 0.314 e. The van der Waals surface area contributed by atoms with Crippen LogP contribution in [0, 0.1) is 11.8 Å². The highest BCUT2D eigenvalue weighted by atomic mass is 32.1. The van der Waals surface area contributed by atoms with Gasteiger partial charge in [-0.05, 0) is 60.0 Å². The molecule has 2 unspecified atom stereocenters. The Kier molecular flexibility index (Phi) is 3.90. The van der Waals surface area contributed by atoms with Gasteiger partial charge in [-0.25, -0.2) is 0 Å². The summed E-state index contributed by atoms with van der Waals surface area (Å²) < 4.78 is 1.44. The standard InChI is InChI=1S/C17H23NS/c1-12(2)18-10-14-8-7-13(14)9-15-11-19-17-6-4-3-5-16(15)17/h3-6,11-14,18H,7-10H2,1-2H3. The van der Waals surface area contributed by atoms with Gasteiger partial charge in [0, 0.05) is 10.7 Å². The van der Waals surface area contributed by atoms with Crippen molar-refractivity contribution in [1.82, 2.24) is 5.32 Å². The van der Waals surface area contributed by atoms with Crippen LogP contribution in [0.2, 0.25) is 0 Å². The van der Waals surface area contributed by atoms with Gasteiger partial charge in [-0.1, -0.05) is 32.0 Å². The quantitative estimate of drug-likeness (QED) is 0.847. The Morgan fingerprint density at radius 1 is 1.21 bits per heavy atom. The van der Waals surface area contributed by atoms with Crippen molar-refractivity contribution in [3.8, 4) is 0 Å². The number of benzene rings is 1. The molecule has 0 amide bonds. The molecule has 2 heteroatoms. The molecule has 1 aromatic heterocycles. The Morgan fingerprint density at radius 3 is 2.74 bits per heavy atom. The molecule has 0 saturated heterocycles. The zero-order valence-electron chi connectivity index (χ0n) is 11.9. The highest BCUT2D eigenvalue weighted by Crippen LogP contribution is 2.38. The van der Waals surface area contributed by atoms with Gasteiger partial charge in [0.05, 0.1) is 0 Å². The van der Waals surface area contributed by atoms with Gasteiger partial charge in [0.15, 0.2) is 0 Å². The van der Waals surface area contributed by atoms with Crippen molar-refractivity contribution >= 4 is 21.4 Å². The maximum absolute atomic E-state index is 3.60. The lowest BCUT2D eigenvalue weighted by Crippen LogP contribution is -2.38. The summed E-state index contributed by atoms with van der Waals surface area (Å²) in [6, 6.07) is 9.44. The molecule has 0 bridgehead atoms. The van der Waals surface area contributed by atoms with Crippen LogP contribution in [0.1, 0.15) is 32.3 Å². The average molecular weight is 273 g/mol.